The van der Waals surface area contributed by atoms with Gasteiger partial charge in [0.05, 0.1) is 5.02 Å². The van der Waals surface area contributed by atoms with Crippen LogP contribution in [0.3, 0.4) is 0 Å². The van der Waals surface area contributed by atoms with Crippen molar-refractivity contribution in [3.05, 3.63) is 41.2 Å². The molecule has 0 atom stereocenters. The number of halogens is 2. The van der Waals surface area contributed by atoms with Crippen molar-refractivity contribution >= 4 is 24.2 Å². The molecule has 1 nitrogen and oxygen atoms in total. The van der Waals surface area contributed by atoms with E-state index in [0.29, 0.717) is 18.1 Å². The van der Waals surface area contributed by atoms with Crippen LogP contribution < -0.4 is 4.74 Å². The largest absolute Gasteiger partial charge is 0.488 e. The van der Waals surface area contributed by atoms with Crippen LogP contribution >= 0.6 is 24.2 Å². The van der Waals surface area contributed by atoms with E-state index in [2.05, 4.69) is 12.6 Å². The average molecular weight is 233 g/mol. The Morgan fingerprint density at radius 3 is 2.86 bits per heavy atom. The fraction of sp³-hybridized carbons (Fsp3) is 0.200. The minimum Gasteiger partial charge on any atom is -0.488 e. The summed E-state index contributed by atoms with van der Waals surface area (Å²) >= 11 is 9.73. The molecule has 0 bridgehead atoms. The molecule has 1 aromatic carbocycles. The Morgan fingerprint density at radius 2 is 2.21 bits per heavy atom. The highest BCUT2D eigenvalue weighted by Gasteiger charge is 2.01. The van der Waals surface area contributed by atoms with Gasteiger partial charge in [-0.15, -0.1) is 0 Å². The summed E-state index contributed by atoms with van der Waals surface area (Å²) in [6.07, 6.45) is 3.69. The molecule has 0 aliphatic rings. The Kier molecular flexibility index (Phi) is 4.84. The summed E-state index contributed by atoms with van der Waals surface area (Å²) in [4.78, 5) is 0. The molecule has 0 amide bonds. The van der Waals surface area contributed by atoms with Crippen LogP contribution in [0.15, 0.2) is 30.4 Å². The monoisotopic (exact) mass is 232 g/mol. The lowest BCUT2D eigenvalue weighted by atomic mass is 10.3. The summed E-state index contributed by atoms with van der Waals surface area (Å²) in [6, 6.07) is 4.04. The van der Waals surface area contributed by atoms with Gasteiger partial charge in [-0.25, -0.2) is 4.39 Å². The van der Waals surface area contributed by atoms with Gasteiger partial charge in [0.25, 0.3) is 0 Å². The maximum absolute atomic E-state index is 12.6. The first-order chi connectivity index (χ1) is 6.74. The molecule has 14 heavy (non-hydrogen) atoms. The Labute approximate surface area is 92.9 Å². The highest BCUT2D eigenvalue weighted by Crippen LogP contribution is 2.24. The predicted molar refractivity (Wildman–Crippen MR) is 59.9 cm³/mol. The fourth-order valence-corrected chi connectivity index (χ4v) is 1.24. The molecule has 0 saturated carbocycles. The van der Waals surface area contributed by atoms with Gasteiger partial charge in [-0.3, -0.25) is 0 Å². The first-order valence-corrected chi connectivity index (χ1v) is 5.09. The molecule has 0 aliphatic heterocycles. The summed E-state index contributed by atoms with van der Waals surface area (Å²) in [7, 11) is 0. The van der Waals surface area contributed by atoms with Gasteiger partial charge in [-0.1, -0.05) is 23.8 Å². The molecule has 0 N–H and O–H groups in total. The van der Waals surface area contributed by atoms with E-state index in [1.165, 1.54) is 18.2 Å². The van der Waals surface area contributed by atoms with Gasteiger partial charge in [0.2, 0.25) is 0 Å². The summed E-state index contributed by atoms with van der Waals surface area (Å²) in [6.45, 7) is 0.409. The second kappa shape index (κ2) is 5.94. The third kappa shape index (κ3) is 3.60. The molecule has 0 heterocycles. The highest BCUT2D eigenvalue weighted by atomic mass is 35.5. The van der Waals surface area contributed by atoms with Crippen molar-refractivity contribution in [3.8, 4) is 5.75 Å². The van der Waals surface area contributed by atoms with Crippen LogP contribution in [0.1, 0.15) is 0 Å². The van der Waals surface area contributed by atoms with Crippen molar-refractivity contribution in [3.63, 3.8) is 0 Å². The smallest absolute Gasteiger partial charge is 0.138 e. The third-order valence-corrected chi connectivity index (χ3v) is 2.01. The average Bonchev–Trinajstić information content (AvgIpc) is 2.15. The number of rotatable bonds is 4. The van der Waals surface area contributed by atoms with E-state index >= 15 is 0 Å². The molecule has 1 rings (SSSR count). The maximum atomic E-state index is 12.6. The van der Waals surface area contributed by atoms with Crippen molar-refractivity contribution in [2.75, 3.05) is 12.4 Å². The van der Waals surface area contributed by atoms with Crippen molar-refractivity contribution in [1.82, 2.24) is 0 Å². The van der Waals surface area contributed by atoms with Crippen LogP contribution in [0, 0.1) is 5.82 Å². The molecule has 0 aromatic heterocycles. The van der Waals surface area contributed by atoms with E-state index in [-0.39, 0.29) is 10.8 Å². The number of thiol groups is 1. The predicted octanol–water partition coefficient (Wildman–Crippen LogP) is 3.34. The van der Waals surface area contributed by atoms with Gasteiger partial charge in [-0.2, -0.15) is 12.6 Å². The number of ether oxygens (including phenoxy) is 1. The van der Waals surface area contributed by atoms with Crippen molar-refractivity contribution < 1.29 is 9.13 Å². The Morgan fingerprint density at radius 1 is 1.43 bits per heavy atom. The highest BCUT2D eigenvalue weighted by molar-refractivity contribution is 7.80. The zero-order chi connectivity index (χ0) is 10.4. The Balaban J connectivity index is 2.55. The van der Waals surface area contributed by atoms with Gasteiger partial charge in [-0.05, 0) is 18.2 Å². The van der Waals surface area contributed by atoms with Crippen molar-refractivity contribution in [2.45, 2.75) is 0 Å². The van der Waals surface area contributed by atoms with E-state index in [0.717, 1.165) is 0 Å². The van der Waals surface area contributed by atoms with Gasteiger partial charge in [0.1, 0.15) is 18.2 Å². The lowest BCUT2D eigenvalue weighted by Gasteiger charge is -2.04. The lowest BCUT2D eigenvalue weighted by molar-refractivity contribution is 0.362. The quantitative estimate of drug-likeness (QED) is 0.619. The van der Waals surface area contributed by atoms with Crippen molar-refractivity contribution in [1.29, 1.82) is 0 Å². The molecular weight excluding hydrogens is 223 g/mol. The van der Waals surface area contributed by atoms with Crippen LogP contribution in [0.25, 0.3) is 0 Å². The number of benzene rings is 1. The molecular formula is C10H10ClFOS. The van der Waals surface area contributed by atoms with Crippen LogP contribution in [-0.2, 0) is 0 Å². The van der Waals surface area contributed by atoms with Crippen LogP contribution in [0.4, 0.5) is 4.39 Å². The zero-order valence-electron chi connectivity index (χ0n) is 7.41. The molecule has 0 radical (unpaired) electrons. The Bertz CT molecular complexity index is 328. The summed E-state index contributed by atoms with van der Waals surface area (Å²) in [5.74, 6) is 0.783. The van der Waals surface area contributed by atoms with Gasteiger partial charge in [0.15, 0.2) is 0 Å². The van der Waals surface area contributed by atoms with Crippen molar-refractivity contribution in [2.24, 2.45) is 0 Å². The minimum absolute atomic E-state index is 0.282. The normalized spacial score (nSPS) is 10.8. The first kappa shape index (κ1) is 11.4. The number of hydrogen-bond donors (Lipinski definition) is 1. The second-order valence-electron chi connectivity index (χ2n) is 2.54. The molecule has 76 valence electrons. The topological polar surface area (TPSA) is 9.23 Å². The first-order valence-electron chi connectivity index (χ1n) is 4.07. The van der Waals surface area contributed by atoms with E-state index in [1.807, 2.05) is 12.2 Å². The zero-order valence-corrected chi connectivity index (χ0v) is 9.06. The van der Waals surface area contributed by atoms with Crippen LogP contribution in [-0.4, -0.2) is 12.4 Å². The molecule has 0 aliphatic carbocycles. The maximum Gasteiger partial charge on any atom is 0.138 e. The fourth-order valence-electron chi connectivity index (χ4n) is 0.873. The van der Waals surface area contributed by atoms with Crippen LogP contribution in [0.2, 0.25) is 5.02 Å². The van der Waals surface area contributed by atoms with Crippen LogP contribution in [0.5, 0.6) is 5.75 Å². The molecule has 4 heteroatoms. The molecule has 0 saturated heterocycles. The van der Waals surface area contributed by atoms with E-state index in [1.54, 1.807) is 0 Å². The van der Waals surface area contributed by atoms with E-state index in [9.17, 15) is 4.39 Å². The second-order valence-corrected chi connectivity index (χ2v) is 3.31. The number of hydrogen-bond acceptors (Lipinski definition) is 2. The lowest BCUT2D eigenvalue weighted by Crippen LogP contribution is -1.94. The van der Waals surface area contributed by atoms with E-state index < -0.39 is 0 Å². The minimum atomic E-state index is -0.367. The molecule has 0 fully saturated rings. The Hall–Kier alpha value is -0.670. The van der Waals surface area contributed by atoms with Gasteiger partial charge < -0.3 is 4.74 Å². The summed E-state index contributed by atoms with van der Waals surface area (Å²) < 4.78 is 17.9. The SMILES string of the molecule is Fc1ccc(OCC=CCS)c(Cl)c1. The van der Waals surface area contributed by atoms with Gasteiger partial charge >= 0.3 is 0 Å². The molecule has 1 aromatic rings. The molecule has 0 spiro atoms. The summed E-state index contributed by atoms with van der Waals surface area (Å²) in [5, 5.41) is 0.282. The standard InChI is InChI=1S/C10H10ClFOS/c11-9-7-8(12)3-4-10(9)13-5-1-2-6-14/h1-4,7,14H,5-6H2. The van der Waals surface area contributed by atoms with E-state index in [4.69, 9.17) is 16.3 Å². The summed E-state index contributed by atoms with van der Waals surface area (Å²) in [5.41, 5.74) is 0. The molecule has 0 unspecified atom stereocenters. The van der Waals surface area contributed by atoms with Gasteiger partial charge in [0, 0.05) is 5.75 Å². The third-order valence-electron chi connectivity index (χ3n) is 1.50.